The Morgan fingerprint density at radius 2 is 2.08 bits per heavy atom. The number of carbonyl (C=O) groups is 1. The van der Waals surface area contributed by atoms with Crippen LogP contribution in [0.2, 0.25) is 0 Å². The zero-order valence-corrected chi connectivity index (χ0v) is 14.6. The van der Waals surface area contributed by atoms with E-state index in [-0.39, 0.29) is 12.0 Å². The third-order valence-electron chi connectivity index (χ3n) is 4.42. The second kappa shape index (κ2) is 8.09. The smallest absolute Gasteiger partial charge is 0.276 e. The molecule has 24 heavy (non-hydrogen) atoms. The largest absolute Gasteiger partial charge is 0.379 e. The molecule has 0 radical (unpaired) electrons. The lowest BCUT2D eigenvalue weighted by atomic mass is 10.0. The summed E-state index contributed by atoms with van der Waals surface area (Å²) in [5.41, 5.74) is 0.392. The third-order valence-corrected chi connectivity index (χ3v) is 4.42. The van der Waals surface area contributed by atoms with E-state index in [1.807, 2.05) is 4.90 Å². The zero-order chi connectivity index (χ0) is 16.9. The van der Waals surface area contributed by atoms with Crippen molar-refractivity contribution >= 4 is 5.91 Å². The molecule has 7 heteroatoms. The summed E-state index contributed by atoms with van der Waals surface area (Å²) in [6, 6.07) is 1.77. The van der Waals surface area contributed by atoms with Gasteiger partial charge in [-0.25, -0.2) is 0 Å². The fourth-order valence-corrected chi connectivity index (χ4v) is 3.20. The first-order chi connectivity index (χ1) is 11.6. The Hall–Kier alpha value is -1.44. The van der Waals surface area contributed by atoms with Crippen LogP contribution in [-0.2, 0) is 16.0 Å². The maximum atomic E-state index is 12.7. The van der Waals surface area contributed by atoms with Crippen LogP contribution in [0.25, 0.3) is 0 Å². The number of ether oxygens (including phenoxy) is 2. The summed E-state index contributed by atoms with van der Waals surface area (Å²) in [5.74, 6) is 1.22. The third kappa shape index (κ3) is 4.55. The monoisotopic (exact) mass is 337 g/mol. The first-order valence-electron chi connectivity index (χ1n) is 8.78. The summed E-state index contributed by atoms with van der Waals surface area (Å²) in [5, 5.41) is 3.98. The number of hydrogen-bond donors (Lipinski definition) is 0. The molecule has 1 aromatic heterocycles. The molecule has 0 unspecified atom stereocenters. The molecule has 1 aromatic rings. The molecule has 0 N–H and O–H groups in total. The molecule has 0 aliphatic carbocycles. The van der Waals surface area contributed by atoms with E-state index in [9.17, 15) is 4.79 Å². The van der Waals surface area contributed by atoms with Gasteiger partial charge in [-0.2, -0.15) is 0 Å². The van der Waals surface area contributed by atoms with Gasteiger partial charge in [0.25, 0.3) is 5.91 Å². The van der Waals surface area contributed by atoms with E-state index in [2.05, 4.69) is 23.9 Å². The normalized spacial score (nSPS) is 23.0. The van der Waals surface area contributed by atoms with Crippen LogP contribution in [0.4, 0.5) is 0 Å². The molecule has 2 aliphatic rings. The Morgan fingerprint density at radius 3 is 2.83 bits per heavy atom. The Balaban J connectivity index is 1.56. The highest BCUT2D eigenvalue weighted by Crippen LogP contribution is 2.17. The van der Waals surface area contributed by atoms with E-state index < -0.39 is 0 Å². The van der Waals surface area contributed by atoms with Crippen LogP contribution in [0.1, 0.15) is 36.5 Å². The summed E-state index contributed by atoms with van der Waals surface area (Å²) < 4.78 is 16.5. The second-order valence-corrected chi connectivity index (χ2v) is 6.94. The van der Waals surface area contributed by atoms with Crippen LogP contribution in [0.15, 0.2) is 10.6 Å². The van der Waals surface area contributed by atoms with Crippen LogP contribution < -0.4 is 0 Å². The van der Waals surface area contributed by atoms with Crippen molar-refractivity contribution in [3.63, 3.8) is 0 Å². The molecule has 1 atom stereocenters. The van der Waals surface area contributed by atoms with Gasteiger partial charge in [0.1, 0.15) is 0 Å². The fraction of sp³-hybridized carbons (Fsp3) is 0.765. The summed E-state index contributed by atoms with van der Waals surface area (Å²) in [6.45, 7) is 10.1. The van der Waals surface area contributed by atoms with Gasteiger partial charge in [0.15, 0.2) is 11.5 Å². The molecule has 2 saturated heterocycles. The first kappa shape index (κ1) is 17.4. The topological polar surface area (TPSA) is 68.0 Å². The van der Waals surface area contributed by atoms with Crippen LogP contribution in [-0.4, -0.2) is 73.0 Å². The number of hydrogen-bond acceptors (Lipinski definition) is 6. The number of aromatic nitrogens is 1. The number of morpholine rings is 2. The van der Waals surface area contributed by atoms with Crippen molar-refractivity contribution in [2.24, 2.45) is 5.92 Å². The number of carbonyl (C=O) groups excluding carboxylic acids is 1. The minimum atomic E-state index is -0.0657. The fourth-order valence-electron chi connectivity index (χ4n) is 3.20. The Kier molecular flexibility index (Phi) is 5.86. The molecule has 0 aromatic carbocycles. The minimum Gasteiger partial charge on any atom is -0.379 e. The number of amides is 1. The van der Waals surface area contributed by atoms with Gasteiger partial charge >= 0.3 is 0 Å². The van der Waals surface area contributed by atoms with E-state index in [1.54, 1.807) is 6.07 Å². The maximum Gasteiger partial charge on any atom is 0.276 e. The van der Waals surface area contributed by atoms with Gasteiger partial charge in [-0.3, -0.25) is 9.69 Å². The van der Waals surface area contributed by atoms with E-state index in [1.165, 1.54) is 0 Å². The maximum absolute atomic E-state index is 12.7. The predicted molar refractivity (Wildman–Crippen MR) is 87.7 cm³/mol. The van der Waals surface area contributed by atoms with Gasteiger partial charge in [0.05, 0.1) is 32.5 Å². The molecule has 7 nitrogen and oxygen atoms in total. The van der Waals surface area contributed by atoms with Crippen molar-refractivity contribution in [1.82, 2.24) is 15.0 Å². The molecule has 0 saturated carbocycles. The van der Waals surface area contributed by atoms with Crippen molar-refractivity contribution < 1.29 is 18.8 Å². The molecule has 3 heterocycles. The summed E-state index contributed by atoms with van der Waals surface area (Å²) in [4.78, 5) is 16.7. The summed E-state index contributed by atoms with van der Waals surface area (Å²) >= 11 is 0. The predicted octanol–water partition coefficient (Wildman–Crippen LogP) is 1.39. The molecule has 0 bridgehead atoms. The molecule has 134 valence electrons. The van der Waals surface area contributed by atoms with Gasteiger partial charge in [-0.05, 0) is 12.3 Å². The SMILES string of the molecule is CC(C)C[C@@H]1CN(C(=O)c2cc(CN3CCOCC3)on2)CCO1. The lowest BCUT2D eigenvalue weighted by Gasteiger charge is -2.33. The number of rotatable bonds is 5. The van der Waals surface area contributed by atoms with Gasteiger partial charge in [-0.1, -0.05) is 19.0 Å². The quantitative estimate of drug-likeness (QED) is 0.809. The molecule has 3 rings (SSSR count). The van der Waals surface area contributed by atoms with E-state index in [0.29, 0.717) is 37.9 Å². The highest BCUT2D eigenvalue weighted by Gasteiger charge is 2.27. The average Bonchev–Trinajstić information content (AvgIpc) is 3.03. The van der Waals surface area contributed by atoms with Crippen molar-refractivity contribution in [3.8, 4) is 0 Å². The van der Waals surface area contributed by atoms with Crippen LogP contribution in [0.5, 0.6) is 0 Å². The van der Waals surface area contributed by atoms with E-state index in [4.69, 9.17) is 14.0 Å². The Bertz CT molecular complexity index is 540. The zero-order valence-electron chi connectivity index (χ0n) is 14.6. The highest BCUT2D eigenvalue weighted by atomic mass is 16.5. The number of nitrogens with zero attached hydrogens (tertiary/aromatic N) is 3. The summed E-state index contributed by atoms with van der Waals surface area (Å²) in [6.07, 6.45) is 1.08. The van der Waals surface area contributed by atoms with E-state index in [0.717, 1.165) is 38.5 Å². The molecule has 1 amide bonds. The molecule has 2 fully saturated rings. The van der Waals surface area contributed by atoms with Crippen LogP contribution >= 0.6 is 0 Å². The van der Waals surface area contributed by atoms with Crippen LogP contribution in [0, 0.1) is 5.92 Å². The van der Waals surface area contributed by atoms with Gasteiger partial charge in [-0.15, -0.1) is 0 Å². The Morgan fingerprint density at radius 1 is 1.29 bits per heavy atom. The second-order valence-electron chi connectivity index (χ2n) is 6.94. The summed E-state index contributed by atoms with van der Waals surface area (Å²) in [7, 11) is 0. The first-order valence-corrected chi connectivity index (χ1v) is 8.78. The van der Waals surface area contributed by atoms with E-state index >= 15 is 0 Å². The van der Waals surface area contributed by atoms with Gasteiger partial charge < -0.3 is 18.9 Å². The minimum absolute atomic E-state index is 0.0657. The van der Waals surface area contributed by atoms with Crippen molar-refractivity contribution in [1.29, 1.82) is 0 Å². The lowest BCUT2D eigenvalue weighted by Crippen LogP contribution is -2.46. The van der Waals surface area contributed by atoms with Crippen molar-refractivity contribution in [2.45, 2.75) is 32.9 Å². The van der Waals surface area contributed by atoms with Crippen molar-refractivity contribution in [3.05, 3.63) is 17.5 Å². The molecular formula is C17H27N3O4. The molecule has 0 spiro atoms. The molecular weight excluding hydrogens is 310 g/mol. The van der Waals surface area contributed by atoms with Crippen molar-refractivity contribution in [2.75, 3.05) is 46.0 Å². The molecule has 2 aliphatic heterocycles. The van der Waals surface area contributed by atoms with Gasteiger partial charge in [0.2, 0.25) is 0 Å². The van der Waals surface area contributed by atoms with Crippen LogP contribution in [0.3, 0.4) is 0 Å². The standard InChI is InChI=1S/C17H27N3O4/c1-13(2)9-14-12-20(5-8-23-14)17(21)16-10-15(24-18-16)11-19-3-6-22-7-4-19/h10,13-14H,3-9,11-12H2,1-2H3/t14-/m1/s1. The lowest BCUT2D eigenvalue weighted by molar-refractivity contribution is -0.0300. The highest BCUT2D eigenvalue weighted by molar-refractivity contribution is 5.92. The van der Waals surface area contributed by atoms with Gasteiger partial charge in [0, 0.05) is 32.2 Å². The Labute approximate surface area is 142 Å². The average molecular weight is 337 g/mol.